The monoisotopic (exact) mass is 539 g/mol. The van der Waals surface area contributed by atoms with E-state index < -0.39 is 28.5 Å². The Bertz CT molecular complexity index is 1160. The minimum absolute atomic E-state index is 0.0260. The lowest BCUT2D eigenvalue weighted by molar-refractivity contribution is -0.139. The first-order chi connectivity index (χ1) is 17.0. The molecule has 0 aliphatic carbocycles. The quantitative estimate of drug-likeness (QED) is 0.391. The van der Waals surface area contributed by atoms with Crippen LogP contribution in [0.25, 0.3) is 0 Å². The highest BCUT2D eigenvalue weighted by molar-refractivity contribution is 7.92. The zero-order valence-corrected chi connectivity index (χ0v) is 22.9. The zero-order chi connectivity index (χ0) is 26.9. The van der Waals surface area contributed by atoms with Gasteiger partial charge in [-0.1, -0.05) is 43.1 Å². The van der Waals surface area contributed by atoms with Crippen LogP contribution in [0.1, 0.15) is 32.3 Å². The Morgan fingerprint density at radius 3 is 2.39 bits per heavy atom. The van der Waals surface area contributed by atoms with E-state index in [9.17, 15) is 18.0 Å². The molecule has 9 nitrogen and oxygen atoms in total. The Kier molecular flexibility index (Phi) is 10.9. The molecule has 1 N–H and O–H groups in total. The van der Waals surface area contributed by atoms with E-state index in [4.69, 9.17) is 21.1 Å². The van der Waals surface area contributed by atoms with Gasteiger partial charge in [0.25, 0.3) is 0 Å². The van der Waals surface area contributed by atoms with Crippen molar-refractivity contribution in [2.45, 2.75) is 39.3 Å². The van der Waals surface area contributed by atoms with Gasteiger partial charge in [0.15, 0.2) is 0 Å². The van der Waals surface area contributed by atoms with Crippen LogP contribution in [0.5, 0.6) is 11.5 Å². The summed E-state index contributed by atoms with van der Waals surface area (Å²) < 4.78 is 37.1. The molecule has 0 saturated heterocycles. The van der Waals surface area contributed by atoms with Gasteiger partial charge in [-0.05, 0) is 37.1 Å². The number of rotatable bonds is 13. The van der Waals surface area contributed by atoms with Crippen molar-refractivity contribution < 1.29 is 27.5 Å². The van der Waals surface area contributed by atoms with E-state index in [0.29, 0.717) is 22.9 Å². The van der Waals surface area contributed by atoms with Crippen LogP contribution in [0.2, 0.25) is 5.02 Å². The maximum absolute atomic E-state index is 13.6. The van der Waals surface area contributed by atoms with Gasteiger partial charge in [-0.3, -0.25) is 13.9 Å². The molecule has 2 rings (SSSR count). The topological polar surface area (TPSA) is 105 Å². The van der Waals surface area contributed by atoms with Crippen LogP contribution in [0, 0.1) is 0 Å². The molecule has 0 radical (unpaired) electrons. The molecule has 0 unspecified atom stereocenters. The summed E-state index contributed by atoms with van der Waals surface area (Å²) >= 11 is 6.33. The Balaban J connectivity index is 2.44. The highest BCUT2D eigenvalue weighted by Gasteiger charge is 2.31. The van der Waals surface area contributed by atoms with E-state index in [0.717, 1.165) is 23.4 Å². The fourth-order valence-electron chi connectivity index (χ4n) is 3.51. The molecule has 11 heteroatoms. The second kappa shape index (κ2) is 13.4. The molecule has 198 valence electrons. The van der Waals surface area contributed by atoms with Crippen molar-refractivity contribution in [3.8, 4) is 11.5 Å². The number of ether oxygens (including phenoxy) is 2. The molecule has 0 aliphatic rings. The number of amides is 2. The predicted molar refractivity (Wildman–Crippen MR) is 141 cm³/mol. The minimum atomic E-state index is -3.90. The Labute approximate surface area is 218 Å². The highest BCUT2D eigenvalue weighted by atomic mass is 35.5. The lowest BCUT2D eigenvalue weighted by atomic mass is 10.1. The van der Waals surface area contributed by atoms with Crippen molar-refractivity contribution in [1.82, 2.24) is 10.2 Å². The molecule has 0 aromatic heterocycles. The van der Waals surface area contributed by atoms with E-state index >= 15 is 0 Å². The Morgan fingerprint density at radius 1 is 1.11 bits per heavy atom. The number of methoxy groups -OCH3 is 2. The number of sulfonamides is 1. The molecule has 0 aliphatic heterocycles. The largest absolute Gasteiger partial charge is 0.497 e. The van der Waals surface area contributed by atoms with Crippen LogP contribution >= 0.6 is 11.6 Å². The van der Waals surface area contributed by atoms with Crippen molar-refractivity contribution >= 4 is 39.1 Å². The van der Waals surface area contributed by atoms with Crippen LogP contribution in [0.3, 0.4) is 0 Å². The van der Waals surface area contributed by atoms with Gasteiger partial charge >= 0.3 is 0 Å². The number of carbonyl (C=O) groups excluding carboxylic acids is 2. The Morgan fingerprint density at radius 2 is 1.81 bits per heavy atom. The maximum Gasteiger partial charge on any atom is 0.244 e. The molecule has 2 aromatic carbocycles. The molecule has 2 aromatic rings. The van der Waals surface area contributed by atoms with Gasteiger partial charge < -0.3 is 19.7 Å². The SMILES string of the molecule is CCCCNC(=O)[C@H](C)N(Cc1ccccc1Cl)C(=O)CN(c1ccc(OC)cc1OC)S(C)(=O)=O. The van der Waals surface area contributed by atoms with Crippen molar-refractivity contribution in [2.75, 3.05) is 37.9 Å². The lowest BCUT2D eigenvalue weighted by Crippen LogP contribution is -2.51. The first kappa shape index (κ1) is 29.3. The van der Waals surface area contributed by atoms with Crippen LogP contribution in [0.15, 0.2) is 42.5 Å². The molecule has 1 atom stereocenters. The van der Waals surface area contributed by atoms with Crippen LogP contribution in [0.4, 0.5) is 5.69 Å². The van der Waals surface area contributed by atoms with Gasteiger partial charge in [-0.2, -0.15) is 0 Å². The first-order valence-corrected chi connectivity index (χ1v) is 13.8. The highest BCUT2D eigenvalue weighted by Crippen LogP contribution is 2.33. The van der Waals surface area contributed by atoms with Crippen molar-refractivity contribution in [1.29, 1.82) is 0 Å². The summed E-state index contributed by atoms with van der Waals surface area (Å²) in [5.41, 5.74) is 0.806. The molecular weight excluding hydrogens is 506 g/mol. The maximum atomic E-state index is 13.6. The standard InChI is InChI=1S/C25H34ClN3O6S/c1-6-7-14-27-25(31)18(2)28(16-19-10-8-9-11-21(19)26)24(30)17-29(36(5,32)33)22-13-12-20(34-3)15-23(22)35-4/h8-13,15,18H,6-7,14,16-17H2,1-5H3,(H,27,31)/t18-/m0/s1. The molecule has 0 bridgehead atoms. The van der Waals surface area contributed by atoms with Crippen LogP contribution in [-0.2, 0) is 26.2 Å². The summed E-state index contributed by atoms with van der Waals surface area (Å²) in [7, 11) is -1.03. The zero-order valence-electron chi connectivity index (χ0n) is 21.3. The predicted octanol–water partition coefficient (Wildman–Crippen LogP) is 3.46. The lowest BCUT2D eigenvalue weighted by Gasteiger charge is -2.32. The van der Waals surface area contributed by atoms with Gasteiger partial charge in [-0.15, -0.1) is 0 Å². The van der Waals surface area contributed by atoms with Gasteiger partial charge in [0.1, 0.15) is 24.1 Å². The normalized spacial score (nSPS) is 11.9. The van der Waals surface area contributed by atoms with E-state index in [1.165, 1.54) is 31.3 Å². The minimum Gasteiger partial charge on any atom is -0.497 e. The summed E-state index contributed by atoms with van der Waals surface area (Å²) in [6.45, 7) is 3.58. The van der Waals surface area contributed by atoms with E-state index in [1.54, 1.807) is 37.3 Å². The number of hydrogen-bond donors (Lipinski definition) is 1. The van der Waals surface area contributed by atoms with Crippen LogP contribution in [-0.4, -0.2) is 64.7 Å². The average molecular weight is 540 g/mol. The number of halogens is 1. The molecule has 2 amide bonds. The first-order valence-electron chi connectivity index (χ1n) is 11.5. The summed E-state index contributed by atoms with van der Waals surface area (Å²) in [6.07, 6.45) is 2.71. The number of carbonyl (C=O) groups is 2. The van der Waals surface area contributed by atoms with Crippen LogP contribution < -0.4 is 19.1 Å². The third kappa shape index (κ3) is 7.76. The third-order valence-corrected chi connectivity index (χ3v) is 7.13. The summed E-state index contributed by atoms with van der Waals surface area (Å²) in [5, 5.41) is 3.27. The third-order valence-electron chi connectivity index (χ3n) is 5.63. The molecular formula is C25H34ClN3O6S. The smallest absolute Gasteiger partial charge is 0.244 e. The van der Waals surface area contributed by atoms with E-state index in [1.807, 2.05) is 6.92 Å². The molecule has 0 fully saturated rings. The number of nitrogens with one attached hydrogen (secondary N) is 1. The van der Waals surface area contributed by atoms with Crippen molar-refractivity contribution in [2.24, 2.45) is 0 Å². The van der Waals surface area contributed by atoms with Crippen molar-refractivity contribution in [3.63, 3.8) is 0 Å². The summed E-state index contributed by atoms with van der Waals surface area (Å²) in [5.74, 6) is -0.225. The molecule has 0 spiro atoms. The number of nitrogens with zero attached hydrogens (tertiary/aromatic N) is 2. The van der Waals surface area contributed by atoms with E-state index in [2.05, 4.69) is 5.32 Å². The van der Waals surface area contributed by atoms with Gasteiger partial charge in [0.05, 0.1) is 26.2 Å². The summed E-state index contributed by atoms with van der Waals surface area (Å²) in [4.78, 5) is 27.8. The van der Waals surface area contributed by atoms with Crippen molar-refractivity contribution in [3.05, 3.63) is 53.1 Å². The van der Waals surface area contributed by atoms with Gasteiger partial charge in [0.2, 0.25) is 21.8 Å². The number of hydrogen-bond acceptors (Lipinski definition) is 6. The Hall–Kier alpha value is -2.98. The fourth-order valence-corrected chi connectivity index (χ4v) is 4.56. The molecule has 0 heterocycles. The second-order valence-electron chi connectivity index (χ2n) is 8.24. The molecule has 36 heavy (non-hydrogen) atoms. The summed E-state index contributed by atoms with van der Waals surface area (Å²) in [6, 6.07) is 10.7. The van der Waals surface area contributed by atoms with Gasteiger partial charge in [0, 0.05) is 24.2 Å². The number of benzene rings is 2. The molecule has 0 saturated carbocycles. The van der Waals surface area contributed by atoms with E-state index in [-0.39, 0.29) is 23.9 Å². The second-order valence-corrected chi connectivity index (χ2v) is 10.6. The number of unbranched alkanes of at least 4 members (excludes halogenated alkanes) is 1. The average Bonchev–Trinajstić information content (AvgIpc) is 2.85. The fraction of sp³-hybridized carbons (Fsp3) is 0.440. The van der Waals surface area contributed by atoms with Gasteiger partial charge in [-0.25, -0.2) is 8.42 Å². The number of anilines is 1.